The summed E-state index contributed by atoms with van der Waals surface area (Å²) in [6.07, 6.45) is 2.03. The Kier molecular flexibility index (Phi) is 4.86. The molecule has 0 unspecified atom stereocenters. The molecule has 2 saturated heterocycles. The van der Waals surface area contributed by atoms with E-state index in [0.717, 1.165) is 39.0 Å². The SMILES string of the molecule is COC(=O)c1ccccc1-c1c2cc(F)c(=[N+]3CCC3)cc-2oc2cc(N3CCC3)c(F)cc12. The second-order valence-electron chi connectivity index (χ2n) is 8.79. The summed E-state index contributed by atoms with van der Waals surface area (Å²) in [6, 6.07) is 13.2. The smallest absolute Gasteiger partial charge is 0.338 e. The molecule has 2 aromatic rings. The van der Waals surface area contributed by atoms with Crippen molar-refractivity contribution >= 4 is 22.6 Å². The number of nitrogens with zero attached hydrogens (tertiary/aromatic N) is 2. The molecule has 0 spiro atoms. The van der Waals surface area contributed by atoms with E-state index in [1.54, 1.807) is 36.4 Å². The van der Waals surface area contributed by atoms with Crippen LogP contribution in [0.25, 0.3) is 33.4 Å². The van der Waals surface area contributed by atoms with Crippen LogP contribution < -0.4 is 14.8 Å². The Bertz CT molecular complexity index is 1500. The van der Waals surface area contributed by atoms with E-state index in [9.17, 15) is 4.79 Å². The van der Waals surface area contributed by atoms with Crippen molar-refractivity contribution in [2.45, 2.75) is 12.8 Å². The van der Waals surface area contributed by atoms with Crippen molar-refractivity contribution in [1.82, 2.24) is 4.58 Å². The molecule has 2 aromatic carbocycles. The van der Waals surface area contributed by atoms with Gasteiger partial charge in [0.1, 0.15) is 30.3 Å². The van der Waals surface area contributed by atoms with Crippen LogP contribution in [0.2, 0.25) is 0 Å². The van der Waals surface area contributed by atoms with Crippen LogP contribution in [-0.4, -0.2) is 39.3 Å². The van der Waals surface area contributed by atoms with E-state index >= 15 is 8.78 Å². The van der Waals surface area contributed by atoms with Gasteiger partial charge in [-0.3, -0.25) is 0 Å². The molecular weight excluding hydrogens is 438 g/mol. The molecule has 0 saturated carbocycles. The lowest BCUT2D eigenvalue weighted by molar-refractivity contribution is 0.0601. The van der Waals surface area contributed by atoms with Gasteiger partial charge in [-0.2, -0.15) is 4.39 Å². The van der Waals surface area contributed by atoms with Gasteiger partial charge in [0.15, 0.2) is 5.82 Å². The molecule has 3 aliphatic heterocycles. The highest BCUT2D eigenvalue weighted by atomic mass is 19.1. The monoisotopic (exact) mass is 461 g/mol. The largest absolute Gasteiger partial charge is 0.465 e. The minimum atomic E-state index is -0.520. The lowest BCUT2D eigenvalue weighted by Gasteiger charge is -2.33. The van der Waals surface area contributed by atoms with E-state index in [1.807, 2.05) is 9.48 Å². The van der Waals surface area contributed by atoms with E-state index in [1.165, 1.54) is 19.2 Å². The van der Waals surface area contributed by atoms with Crippen molar-refractivity contribution in [3.05, 3.63) is 71.1 Å². The first kappa shape index (κ1) is 20.8. The maximum Gasteiger partial charge on any atom is 0.338 e. The van der Waals surface area contributed by atoms with E-state index in [-0.39, 0.29) is 11.6 Å². The van der Waals surface area contributed by atoms with Crippen molar-refractivity contribution in [2.24, 2.45) is 0 Å². The number of rotatable bonds is 3. The van der Waals surface area contributed by atoms with E-state index in [2.05, 4.69) is 0 Å². The molecule has 2 fully saturated rings. The summed E-state index contributed by atoms with van der Waals surface area (Å²) in [5.41, 5.74) is 2.83. The predicted octanol–water partition coefficient (Wildman–Crippen LogP) is 4.66. The zero-order valence-electron chi connectivity index (χ0n) is 18.7. The molecule has 172 valence electrons. The van der Waals surface area contributed by atoms with Gasteiger partial charge in [-0.05, 0) is 30.2 Å². The van der Waals surface area contributed by atoms with E-state index < -0.39 is 5.97 Å². The molecule has 3 heterocycles. The molecule has 0 radical (unpaired) electrons. The molecule has 4 aliphatic rings. The van der Waals surface area contributed by atoms with Crippen molar-refractivity contribution in [2.75, 3.05) is 38.2 Å². The van der Waals surface area contributed by atoms with Crippen LogP contribution in [0.3, 0.4) is 0 Å². The van der Waals surface area contributed by atoms with E-state index in [4.69, 9.17) is 9.15 Å². The van der Waals surface area contributed by atoms with Gasteiger partial charge in [-0.25, -0.2) is 13.8 Å². The summed E-state index contributed by atoms with van der Waals surface area (Å²) in [7, 11) is 1.31. The number of esters is 1. The van der Waals surface area contributed by atoms with Crippen LogP contribution in [0, 0.1) is 11.6 Å². The number of methoxy groups -OCH3 is 1. The summed E-state index contributed by atoms with van der Waals surface area (Å²) < 4.78 is 43.7. The quantitative estimate of drug-likeness (QED) is 0.253. The second kappa shape index (κ2) is 7.94. The van der Waals surface area contributed by atoms with Crippen molar-refractivity contribution in [3.63, 3.8) is 0 Å². The van der Waals surface area contributed by atoms with Crippen molar-refractivity contribution in [1.29, 1.82) is 0 Å². The number of fused-ring (bicyclic) bond motifs is 2. The molecule has 0 aromatic heterocycles. The second-order valence-corrected chi connectivity index (χ2v) is 8.79. The average Bonchev–Trinajstić information content (AvgIpc) is 2.76. The molecule has 6 rings (SSSR count). The Morgan fingerprint density at radius 3 is 2.47 bits per heavy atom. The van der Waals surface area contributed by atoms with Crippen LogP contribution in [-0.2, 0) is 4.74 Å². The Hall–Kier alpha value is -3.74. The fourth-order valence-corrected chi connectivity index (χ4v) is 4.79. The highest BCUT2D eigenvalue weighted by Gasteiger charge is 2.28. The highest BCUT2D eigenvalue weighted by molar-refractivity contribution is 6.08. The van der Waals surface area contributed by atoms with Crippen LogP contribution in [0.5, 0.6) is 0 Å². The van der Waals surface area contributed by atoms with Gasteiger partial charge in [0.05, 0.1) is 30.8 Å². The van der Waals surface area contributed by atoms with Crippen molar-refractivity contribution < 1.29 is 22.7 Å². The third-order valence-electron chi connectivity index (χ3n) is 6.85. The van der Waals surface area contributed by atoms with Crippen LogP contribution in [0.15, 0.2) is 52.9 Å². The minimum absolute atomic E-state index is 0.318. The summed E-state index contributed by atoms with van der Waals surface area (Å²) >= 11 is 0. The standard InChI is InChI=1S/C27H23F2N2O3/c1-33-27(32)17-7-3-2-6-16(17)26-18-12-20(28)22(30-8-4-9-30)14-24(18)34-25-15-23(31-10-5-11-31)21(29)13-19(25)26/h2-3,6-7,12-15H,4-5,8-11H2,1H3/q+1. The van der Waals surface area contributed by atoms with Gasteiger partial charge in [0, 0.05) is 35.7 Å². The minimum Gasteiger partial charge on any atom is -0.465 e. The first-order valence-electron chi connectivity index (χ1n) is 11.5. The number of halogens is 2. The van der Waals surface area contributed by atoms with Gasteiger partial charge in [-0.15, -0.1) is 0 Å². The zero-order valence-corrected chi connectivity index (χ0v) is 18.7. The average molecular weight is 461 g/mol. The van der Waals surface area contributed by atoms with Gasteiger partial charge in [-0.1, -0.05) is 18.2 Å². The third kappa shape index (κ3) is 3.18. The summed E-state index contributed by atoms with van der Waals surface area (Å²) in [4.78, 5) is 14.6. The topological polar surface area (TPSA) is 45.7 Å². The Morgan fingerprint density at radius 1 is 1.00 bits per heavy atom. The highest BCUT2D eigenvalue weighted by Crippen LogP contribution is 2.43. The fourth-order valence-electron chi connectivity index (χ4n) is 4.79. The predicted molar refractivity (Wildman–Crippen MR) is 126 cm³/mol. The normalized spacial score (nSPS) is 15.4. The van der Waals surface area contributed by atoms with Gasteiger partial charge >= 0.3 is 5.97 Å². The molecule has 0 atom stereocenters. The lowest BCUT2D eigenvalue weighted by atomic mass is 9.90. The maximum atomic E-state index is 15.3. The molecule has 1 aliphatic carbocycles. The molecule has 0 N–H and O–H groups in total. The van der Waals surface area contributed by atoms with Gasteiger partial charge in [0.25, 0.3) is 0 Å². The van der Waals surface area contributed by atoms with Crippen LogP contribution in [0.1, 0.15) is 23.2 Å². The first-order chi connectivity index (χ1) is 16.5. The van der Waals surface area contributed by atoms with Gasteiger partial charge in [0.2, 0.25) is 5.36 Å². The zero-order chi connectivity index (χ0) is 23.4. The number of benzene rings is 3. The number of hydrogen-bond acceptors (Lipinski definition) is 4. The number of ether oxygens (including phenoxy) is 1. The van der Waals surface area contributed by atoms with Gasteiger partial charge < -0.3 is 14.1 Å². The first-order valence-corrected chi connectivity index (χ1v) is 11.5. The number of carbonyl (C=O) groups is 1. The fraction of sp³-hybridized carbons (Fsp3) is 0.259. The Balaban J connectivity index is 1.73. The summed E-state index contributed by atoms with van der Waals surface area (Å²) in [5, 5.41) is 0.959. The van der Waals surface area contributed by atoms with E-state index in [0.29, 0.717) is 50.0 Å². The Morgan fingerprint density at radius 2 is 1.79 bits per heavy atom. The molecule has 7 heteroatoms. The molecule has 34 heavy (non-hydrogen) atoms. The van der Waals surface area contributed by atoms with Crippen molar-refractivity contribution in [3.8, 4) is 22.5 Å². The molecule has 5 nitrogen and oxygen atoms in total. The molecule has 0 amide bonds. The number of anilines is 1. The lowest BCUT2D eigenvalue weighted by Crippen LogP contribution is -2.42. The van der Waals surface area contributed by atoms with Crippen LogP contribution in [0.4, 0.5) is 14.5 Å². The number of carbonyl (C=O) groups excluding carboxylic acids is 1. The molecule has 0 bridgehead atoms. The summed E-state index contributed by atoms with van der Waals surface area (Å²) in [6.45, 7) is 3.16. The Labute approximate surface area is 194 Å². The summed E-state index contributed by atoms with van der Waals surface area (Å²) in [5.74, 6) is -0.799. The van der Waals surface area contributed by atoms with Crippen LogP contribution >= 0.6 is 0 Å². The molecular formula is C27H23F2N2O3+. The third-order valence-corrected chi connectivity index (χ3v) is 6.85. The maximum absolute atomic E-state index is 15.3. The number of hydrogen-bond donors (Lipinski definition) is 0.